The predicted octanol–water partition coefficient (Wildman–Crippen LogP) is 2.01. The van der Waals surface area contributed by atoms with Crippen molar-refractivity contribution in [3.63, 3.8) is 0 Å². The molecular weight excluding hydrogens is 453 g/mol. The zero-order chi connectivity index (χ0) is 18.8. The highest BCUT2D eigenvalue weighted by molar-refractivity contribution is 14.0. The molecule has 0 amide bonds. The van der Waals surface area contributed by atoms with Crippen LogP contribution in [0.25, 0.3) is 0 Å². The molecule has 1 fully saturated rings. The Bertz CT molecular complexity index is 547. The Hall–Kier alpha value is -0.900. The van der Waals surface area contributed by atoms with Gasteiger partial charge in [-0.25, -0.2) is 0 Å². The number of hydrogen-bond acceptors (Lipinski definition) is 4. The summed E-state index contributed by atoms with van der Waals surface area (Å²) in [5, 5.41) is 6.88. The highest BCUT2D eigenvalue weighted by Gasteiger charge is 2.28. The average Bonchev–Trinajstić information content (AvgIpc) is 2.66. The Morgan fingerprint density at radius 1 is 1.19 bits per heavy atom. The molecule has 1 aliphatic heterocycles. The lowest BCUT2D eigenvalue weighted by molar-refractivity contribution is -0.00834. The Labute approximate surface area is 181 Å². The van der Waals surface area contributed by atoms with Gasteiger partial charge in [0.1, 0.15) is 0 Å². The number of nitrogens with one attached hydrogen (secondary N) is 2. The number of hydrogen-bond donors (Lipinski definition) is 2. The largest absolute Gasteiger partial charge is 0.379 e. The molecule has 1 heterocycles. The van der Waals surface area contributed by atoms with E-state index in [0.29, 0.717) is 0 Å². The van der Waals surface area contributed by atoms with Crippen LogP contribution in [0.15, 0.2) is 35.3 Å². The number of guanidine groups is 1. The third-order valence-corrected chi connectivity index (χ3v) is 4.86. The second-order valence-corrected chi connectivity index (χ2v) is 7.49. The molecule has 0 saturated carbocycles. The van der Waals surface area contributed by atoms with Gasteiger partial charge in [-0.1, -0.05) is 30.3 Å². The van der Waals surface area contributed by atoms with Crippen molar-refractivity contribution in [2.75, 3.05) is 60.0 Å². The first-order valence-corrected chi connectivity index (χ1v) is 9.51. The summed E-state index contributed by atoms with van der Waals surface area (Å²) in [5.74, 6) is 0.861. The van der Waals surface area contributed by atoms with Gasteiger partial charge in [0.15, 0.2) is 5.96 Å². The average molecular weight is 489 g/mol. The maximum absolute atomic E-state index is 5.46. The van der Waals surface area contributed by atoms with Gasteiger partial charge in [-0.05, 0) is 26.5 Å². The lowest BCUT2D eigenvalue weighted by atomic mass is 10.0. The molecule has 1 aromatic carbocycles. The number of benzene rings is 1. The molecule has 0 unspecified atom stereocenters. The van der Waals surface area contributed by atoms with Crippen molar-refractivity contribution in [3.8, 4) is 0 Å². The Kier molecular flexibility index (Phi) is 11.2. The van der Waals surface area contributed by atoms with Crippen LogP contribution in [0.4, 0.5) is 0 Å². The van der Waals surface area contributed by atoms with Crippen molar-refractivity contribution in [1.29, 1.82) is 0 Å². The highest BCUT2D eigenvalue weighted by Crippen LogP contribution is 2.14. The summed E-state index contributed by atoms with van der Waals surface area (Å²) in [7, 11) is 3.97. The van der Waals surface area contributed by atoms with Crippen LogP contribution >= 0.6 is 24.0 Å². The van der Waals surface area contributed by atoms with Crippen LogP contribution in [0.2, 0.25) is 0 Å². The molecule has 7 heteroatoms. The van der Waals surface area contributed by atoms with E-state index in [4.69, 9.17) is 4.74 Å². The Morgan fingerprint density at radius 2 is 1.85 bits per heavy atom. The van der Waals surface area contributed by atoms with Gasteiger partial charge >= 0.3 is 0 Å². The van der Waals surface area contributed by atoms with Gasteiger partial charge in [0.05, 0.1) is 13.2 Å². The standard InChI is InChI=1S/C20H35N5O.HI/c1-20(2,25-12-14-26-15-13-25)17-23-19(21-3)22-10-11-24(4)16-18-8-6-5-7-9-18;/h5-9H,10-17H2,1-4H3,(H2,21,22,23);1H. The SMILES string of the molecule is CN=C(NCCN(C)Cc1ccccc1)NCC(C)(C)N1CCOCC1.I. The number of morpholine rings is 1. The summed E-state index contributed by atoms with van der Waals surface area (Å²) in [5.41, 5.74) is 1.41. The van der Waals surface area contributed by atoms with Crippen LogP contribution in [0.5, 0.6) is 0 Å². The minimum Gasteiger partial charge on any atom is -0.379 e. The fraction of sp³-hybridized carbons (Fsp3) is 0.650. The van der Waals surface area contributed by atoms with Crippen molar-refractivity contribution in [3.05, 3.63) is 35.9 Å². The third-order valence-electron chi connectivity index (χ3n) is 4.86. The quantitative estimate of drug-likeness (QED) is 0.333. The van der Waals surface area contributed by atoms with Crippen LogP contribution in [0.1, 0.15) is 19.4 Å². The fourth-order valence-electron chi connectivity index (χ4n) is 3.14. The van der Waals surface area contributed by atoms with Gasteiger partial charge in [-0.3, -0.25) is 9.89 Å². The molecule has 2 N–H and O–H groups in total. The molecule has 0 bridgehead atoms. The first kappa shape index (κ1) is 24.1. The van der Waals surface area contributed by atoms with E-state index in [9.17, 15) is 0 Å². The molecule has 2 rings (SSSR count). The zero-order valence-corrected chi connectivity index (χ0v) is 19.5. The fourth-order valence-corrected chi connectivity index (χ4v) is 3.14. The van der Waals surface area contributed by atoms with Crippen LogP contribution in [-0.2, 0) is 11.3 Å². The van der Waals surface area contributed by atoms with Crippen molar-refractivity contribution < 1.29 is 4.74 Å². The maximum atomic E-state index is 5.46. The summed E-state index contributed by atoms with van der Waals surface area (Å²) < 4.78 is 5.46. The number of aliphatic imine (C=N–C) groups is 1. The maximum Gasteiger partial charge on any atom is 0.191 e. The molecule has 0 aromatic heterocycles. The number of ether oxygens (including phenoxy) is 1. The van der Waals surface area contributed by atoms with E-state index in [1.807, 2.05) is 7.05 Å². The molecule has 0 atom stereocenters. The number of nitrogens with zero attached hydrogens (tertiary/aromatic N) is 3. The van der Waals surface area contributed by atoms with Gasteiger partial charge in [0, 0.05) is 51.9 Å². The molecule has 1 saturated heterocycles. The summed E-state index contributed by atoms with van der Waals surface area (Å²) in [6.45, 7) is 11.8. The Morgan fingerprint density at radius 3 is 2.48 bits per heavy atom. The smallest absolute Gasteiger partial charge is 0.191 e. The second kappa shape index (κ2) is 12.5. The van der Waals surface area contributed by atoms with Gasteiger partial charge in [-0.2, -0.15) is 0 Å². The van der Waals surface area contributed by atoms with Crippen molar-refractivity contribution in [2.24, 2.45) is 4.99 Å². The molecule has 0 radical (unpaired) electrons. The lowest BCUT2D eigenvalue weighted by Gasteiger charge is -2.41. The highest BCUT2D eigenvalue weighted by atomic mass is 127. The number of likely N-dealkylation sites (N-methyl/N-ethyl adjacent to an activating group) is 1. The zero-order valence-electron chi connectivity index (χ0n) is 17.2. The Balaban J connectivity index is 0.00000364. The third kappa shape index (κ3) is 8.76. The molecular formula is C20H36IN5O. The summed E-state index contributed by atoms with van der Waals surface area (Å²) >= 11 is 0. The van der Waals surface area contributed by atoms with E-state index in [1.165, 1.54) is 5.56 Å². The topological polar surface area (TPSA) is 52.1 Å². The van der Waals surface area contributed by atoms with Gasteiger partial charge in [0.2, 0.25) is 0 Å². The van der Waals surface area contributed by atoms with E-state index in [1.54, 1.807) is 0 Å². The molecule has 1 aromatic rings. The summed E-state index contributed by atoms with van der Waals surface area (Å²) in [4.78, 5) is 9.14. The molecule has 154 valence electrons. The van der Waals surface area contributed by atoms with Gasteiger partial charge < -0.3 is 20.3 Å². The first-order chi connectivity index (χ1) is 12.5. The number of rotatable bonds is 8. The number of halogens is 1. The van der Waals surface area contributed by atoms with Crippen molar-refractivity contribution in [1.82, 2.24) is 20.4 Å². The molecule has 27 heavy (non-hydrogen) atoms. The van der Waals surface area contributed by atoms with Crippen LogP contribution in [0.3, 0.4) is 0 Å². The van der Waals surface area contributed by atoms with Crippen molar-refractivity contribution >= 4 is 29.9 Å². The molecule has 6 nitrogen and oxygen atoms in total. The van der Waals surface area contributed by atoms with E-state index in [2.05, 4.69) is 76.7 Å². The van der Waals surface area contributed by atoms with E-state index in [-0.39, 0.29) is 29.5 Å². The summed E-state index contributed by atoms with van der Waals surface area (Å²) in [6, 6.07) is 10.6. The van der Waals surface area contributed by atoms with Gasteiger partial charge in [0.25, 0.3) is 0 Å². The minimum atomic E-state index is 0. The van der Waals surface area contributed by atoms with Crippen LogP contribution < -0.4 is 10.6 Å². The summed E-state index contributed by atoms with van der Waals surface area (Å²) in [6.07, 6.45) is 0. The monoisotopic (exact) mass is 489 g/mol. The predicted molar refractivity (Wildman–Crippen MR) is 124 cm³/mol. The van der Waals surface area contributed by atoms with Crippen LogP contribution in [0, 0.1) is 0 Å². The molecule has 0 aliphatic carbocycles. The van der Waals surface area contributed by atoms with E-state index >= 15 is 0 Å². The van der Waals surface area contributed by atoms with E-state index < -0.39 is 0 Å². The van der Waals surface area contributed by atoms with Crippen molar-refractivity contribution in [2.45, 2.75) is 25.9 Å². The lowest BCUT2D eigenvalue weighted by Crippen LogP contribution is -2.56. The van der Waals surface area contributed by atoms with Gasteiger partial charge in [-0.15, -0.1) is 24.0 Å². The minimum absolute atomic E-state index is 0. The second-order valence-electron chi connectivity index (χ2n) is 7.49. The molecule has 1 aliphatic rings. The molecule has 0 spiro atoms. The van der Waals surface area contributed by atoms with E-state index in [0.717, 1.165) is 58.4 Å². The normalized spacial score (nSPS) is 16.1. The first-order valence-electron chi connectivity index (χ1n) is 9.51. The van der Waals surface area contributed by atoms with Crippen LogP contribution in [-0.4, -0.2) is 81.3 Å².